The Morgan fingerprint density at radius 3 is 2.52 bits per heavy atom. The van der Waals surface area contributed by atoms with Crippen molar-refractivity contribution in [3.05, 3.63) is 58.4 Å². The summed E-state index contributed by atoms with van der Waals surface area (Å²) in [5.74, 6) is -1.89. The van der Waals surface area contributed by atoms with Crippen LogP contribution in [-0.2, 0) is 4.79 Å². The van der Waals surface area contributed by atoms with Crippen LogP contribution in [0.3, 0.4) is 0 Å². The first kappa shape index (κ1) is 16.8. The summed E-state index contributed by atoms with van der Waals surface area (Å²) in [6.07, 6.45) is 0. The number of anilines is 2. The highest BCUT2D eigenvalue weighted by Crippen LogP contribution is 2.20. The molecule has 4 N–H and O–H groups in total. The Hall–Kier alpha value is -2.60. The minimum Gasteiger partial charge on any atom is -0.376 e. The molecule has 0 saturated heterocycles. The second-order valence-corrected chi connectivity index (χ2v) is 5.33. The van der Waals surface area contributed by atoms with Crippen LogP contribution in [0.1, 0.15) is 15.9 Å². The van der Waals surface area contributed by atoms with Gasteiger partial charge in [-0.2, -0.15) is 0 Å². The van der Waals surface area contributed by atoms with Gasteiger partial charge in [-0.1, -0.05) is 17.7 Å². The van der Waals surface area contributed by atoms with Gasteiger partial charge in [0.2, 0.25) is 5.91 Å². The van der Waals surface area contributed by atoms with E-state index in [1.54, 1.807) is 18.2 Å². The quantitative estimate of drug-likeness (QED) is 0.785. The molecule has 23 heavy (non-hydrogen) atoms. The number of nitrogens with one attached hydrogen (secondary N) is 2. The average molecular weight is 336 g/mol. The van der Waals surface area contributed by atoms with Crippen LogP contribution in [0, 0.1) is 12.7 Å². The monoisotopic (exact) mass is 335 g/mol. The Labute approximate surface area is 137 Å². The molecule has 0 aliphatic rings. The third-order valence-corrected chi connectivity index (χ3v) is 3.55. The minimum absolute atomic E-state index is 0.0602. The van der Waals surface area contributed by atoms with Crippen molar-refractivity contribution in [1.82, 2.24) is 0 Å². The highest BCUT2D eigenvalue weighted by atomic mass is 35.5. The molecule has 0 spiro atoms. The Morgan fingerprint density at radius 2 is 1.87 bits per heavy atom. The van der Waals surface area contributed by atoms with Gasteiger partial charge in [0.15, 0.2) is 0 Å². The molecule has 2 rings (SSSR count). The first-order valence-corrected chi connectivity index (χ1v) is 7.14. The van der Waals surface area contributed by atoms with Gasteiger partial charge >= 0.3 is 0 Å². The first-order valence-electron chi connectivity index (χ1n) is 6.76. The molecular weight excluding hydrogens is 321 g/mol. The molecule has 120 valence electrons. The highest BCUT2D eigenvalue weighted by Gasteiger charge is 2.10. The summed E-state index contributed by atoms with van der Waals surface area (Å²) in [7, 11) is 0. The van der Waals surface area contributed by atoms with Crippen LogP contribution in [0.4, 0.5) is 15.8 Å². The standard InChI is InChI=1S/C16H15ClFN3O2/c1-9-2-3-11(7-13(9)17)21-15(22)8-20-10-4-5-14(18)12(6-10)16(19)23/h2-7,20H,8H2,1H3,(H2,19,23)(H,21,22). The van der Waals surface area contributed by atoms with E-state index in [1.165, 1.54) is 12.1 Å². The molecule has 2 amide bonds. The van der Waals surface area contributed by atoms with Gasteiger partial charge in [0.1, 0.15) is 5.82 Å². The maximum absolute atomic E-state index is 13.4. The van der Waals surface area contributed by atoms with E-state index in [0.29, 0.717) is 16.4 Å². The second kappa shape index (κ2) is 7.11. The van der Waals surface area contributed by atoms with Crippen molar-refractivity contribution in [2.45, 2.75) is 6.92 Å². The number of benzene rings is 2. The van der Waals surface area contributed by atoms with Gasteiger partial charge in [-0.05, 0) is 42.8 Å². The SMILES string of the molecule is Cc1ccc(NC(=O)CNc2ccc(F)c(C(N)=O)c2)cc1Cl. The predicted molar refractivity (Wildman–Crippen MR) is 88.2 cm³/mol. The maximum atomic E-state index is 13.4. The van der Waals surface area contributed by atoms with Crippen LogP contribution >= 0.6 is 11.6 Å². The molecule has 0 heterocycles. The van der Waals surface area contributed by atoms with Crippen molar-refractivity contribution >= 4 is 34.8 Å². The Morgan fingerprint density at radius 1 is 1.17 bits per heavy atom. The summed E-state index contributed by atoms with van der Waals surface area (Å²) in [4.78, 5) is 23.0. The molecule has 0 saturated carbocycles. The zero-order valence-corrected chi connectivity index (χ0v) is 13.1. The summed E-state index contributed by atoms with van der Waals surface area (Å²) >= 11 is 5.99. The number of rotatable bonds is 5. The van der Waals surface area contributed by atoms with E-state index in [4.69, 9.17) is 17.3 Å². The second-order valence-electron chi connectivity index (χ2n) is 4.92. The number of aryl methyl sites for hydroxylation is 1. The van der Waals surface area contributed by atoms with Crippen molar-refractivity contribution in [3.8, 4) is 0 Å². The molecule has 0 bridgehead atoms. The van der Waals surface area contributed by atoms with E-state index in [9.17, 15) is 14.0 Å². The summed E-state index contributed by atoms with van der Waals surface area (Å²) in [5, 5.41) is 6.03. The highest BCUT2D eigenvalue weighted by molar-refractivity contribution is 6.31. The summed E-state index contributed by atoms with van der Waals surface area (Å²) < 4.78 is 13.4. The van der Waals surface area contributed by atoms with Gasteiger partial charge in [0.25, 0.3) is 5.91 Å². The van der Waals surface area contributed by atoms with Crippen LogP contribution in [-0.4, -0.2) is 18.4 Å². The number of primary amides is 1. The van der Waals surface area contributed by atoms with Gasteiger partial charge in [-0.15, -0.1) is 0 Å². The third kappa shape index (κ3) is 4.43. The topological polar surface area (TPSA) is 84.2 Å². The smallest absolute Gasteiger partial charge is 0.251 e. The summed E-state index contributed by atoms with van der Waals surface area (Å²) in [6, 6.07) is 8.97. The molecule has 0 atom stereocenters. The van der Waals surface area contributed by atoms with Crippen molar-refractivity contribution in [2.24, 2.45) is 5.73 Å². The average Bonchev–Trinajstić information content (AvgIpc) is 2.50. The van der Waals surface area contributed by atoms with Gasteiger partial charge in [-0.25, -0.2) is 4.39 Å². The number of carbonyl (C=O) groups is 2. The fourth-order valence-corrected chi connectivity index (χ4v) is 2.06. The van der Waals surface area contributed by atoms with Crippen molar-refractivity contribution in [1.29, 1.82) is 0 Å². The molecule has 0 unspecified atom stereocenters. The first-order chi connectivity index (χ1) is 10.9. The largest absolute Gasteiger partial charge is 0.376 e. The van der Waals surface area contributed by atoms with E-state index in [2.05, 4.69) is 10.6 Å². The van der Waals surface area contributed by atoms with E-state index in [1.807, 2.05) is 6.92 Å². The Bertz CT molecular complexity index is 765. The van der Waals surface area contributed by atoms with Crippen LogP contribution in [0.25, 0.3) is 0 Å². The lowest BCUT2D eigenvalue weighted by atomic mass is 10.2. The third-order valence-electron chi connectivity index (χ3n) is 3.14. The van der Waals surface area contributed by atoms with Gasteiger partial charge in [0.05, 0.1) is 12.1 Å². The lowest BCUT2D eigenvalue weighted by Crippen LogP contribution is -2.22. The van der Waals surface area contributed by atoms with Gasteiger partial charge in [-0.3, -0.25) is 9.59 Å². The van der Waals surface area contributed by atoms with Crippen LogP contribution < -0.4 is 16.4 Å². The van der Waals surface area contributed by atoms with Crippen LogP contribution in [0.15, 0.2) is 36.4 Å². The lowest BCUT2D eigenvalue weighted by Gasteiger charge is -2.10. The number of amides is 2. The van der Waals surface area contributed by atoms with E-state index in [0.717, 1.165) is 11.6 Å². The van der Waals surface area contributed by atoms with E-state index < -0.39 is 11.7 Å². The fraction of sp³-hybridized carbons (Fsp3) is 0.125. The lowest BCUT2D eigenvalue weighted by molar-refractivity contribution is -0.114. The molecule has 0 aliphatic heterocycles. The number of hydrogen-bond acceptors (Lipinski definition) is 3. The van der Waals surface area contributed by atoms with Gasteiger partial charge in [0, 0.05) is 16.4 Å². The number of hydrogen-bond donors (Lipinski definition) is 3. The van der Waals surface area contributed by atoms with Crippen LogP contribution in [0.2, 0.25) is 5.02 Å². The maximum Gasteiger partial charge on any atom is 0.251 e. The molecule has 0 fully saturated rings. The van der Waals surface area contributed by atoms with Gasteiger partial charge < -0.3 is 16.4 Å². The number of nitrogens with two attached hydrogens (primary N) is 1. The molecule has 0 radical (unpaired) electrons. The molecule has 5 nitrogen and oxygen atoms in total. The molecule has 0 aliphatic carbocycles. The van der Waals surface area contributed by atoms with Crippen molar-refractivity contribution in [2.75, 3.05) is 17.2 Å². The van der Waals surface area contributed by atoms with E-state index >= 15 is 0 Å². The molecule has 2 aromatic rings. The minimum atomic E-state index is -0.870. The Balaban J connectivity index is 1.97. The Kier molecular flexibility index (Phi) is 5.18. The summed E-state index contributed by atoms with van der Waals surface area (Å²) in [5.41, 5.74) is 6.73. The zero-order valence-electron chi connectivity index (χ0n) is 12.3. The number of carbonyl (C=O) groups excluding carboxylic acids is 2. The zero-order chi connectivity index (χ0) is 17.0. The number of halogens is 2. The summed E-state index contributed by atoms with van der Waals surface area (Å²) in [6.45, 7) is 1.80. The molecule has 7 heteroatoms. The normalized spacial score (nSPS) is 10.2. The molecule has 0 aromatic heterocycles. The van der Waals surface area contributed by atoms with Crippen molar-refractivity contribution in [3.63, 3.8) is 0 Å². The van der Waals surface area contributed by atoms with E-state index in [-0.39, 0.29) is 18.0 Å². The predicted octanol–water partition coefficient (Wildman–Crippen LogP) is 2.94. The van der Waals surface area contributed by atoms with Crippen LogP contribution in [0.5, 0.6) is 0 Å². The molecule has 2 aromatic carbocycles. The fourth-order valence-electron chi connectivity index (χ4n) is 1.88. The molecular formula is C16H15ClFN3O2. The van der Waals surface area contributed by atoms with Crippen molar-refractivity contribution < 1.29 is 14.0 Å².